The van der Waals surface area contributed by atoms with Gasteiger partial charge in [-0.3, -0.25) is 18.9 Å². The Balaban J connectivity index is 1.31. The number of halogens is 4. The number of hydrogen-bond donors (Lipinski definition) is 1. The first-order chi connectivity index (χ1) is 16.8. The molecule has 1 aliphatic heterocycles. The van der Waals surface area contributed by atoms with Crippen LogP contribution in [0.1, 0.15) is 57.8 Å². The molecule has 3 aliphatic carbocycles. The predicted octanol–water partition coefficient (Wildman–Crippen LogP) is 3.12. The molecule has 2 bridgehead atoms. The molecule has 6 atom stereocenters. The number of hydrogen-bond acceptors (Lipinski definition) is 8. The Hall–Kier alpha value is -1.96. The molecule has 1 heterocycles. The van der Waals surface area contributed by atoms with Gasteiger partial charge in [-0.05, 0) is 32.1 Å². The molecule has 1 N–H and O–H groups in total. The van der Waals surface area contributed by atoms with Crippen LogP contribution in [-0.4, -0.2) is 60.9 Å². The summed E-state index contributed by atoms with van der Waals surface area (Å²) in [5.41, 5.74) is 0. The quantitative estimate of drug-likeness (QED) is 0.145. The summed E-state index contributed by atoms with van der Waals surface area (Å²) >= 11 is 0. The summed E-state index contributed by atoms with van der Waals surface area (Å²) in [4.78, 5) is 37.9. The molecule has 0 aromatic rings. The first-order valence-electron chi connectivity index (χ1n) is 12.1. The largest absolute Gasteiger partial charge is 0.465 e. The highest BCUT2D eigenvalue weighted by atomic mass is 32.2. The average Bonchev–Trinajstić information content (AvgIpc) is 3.42. The van der Waals surface area contributed by atoms with Gasteiger partial charge in [-0.25, -0.2) is 0 Å². The molecule has 14 heteroatoms. The van der Waals surface area contributed by atoms with E-state index in [9.17, 15) is 40.4 Å². The molecule has 9 nitrogen and oxygen atoms in total. The second-order valence-corrected chi connectivity index (χ2v) is 11.5. The second-order valence-electron chi connectivity index (χ2n) is 10.1. The third-order valence-corrected chi connectivity index (χ3v) is 8.83. The fourth-order valence-electron chi connectivity index (χ4n) is 6.09. The van der Waals surface area contributed by atoms with Crippen molar-refractivity contribution in [3.63, 3.8) is 0 Å². The second kappa shape index (κ2) is 9.73. The summed E-state index contributed by atoms with van der Waals surface area (Å²) in [6, 6.07) is 0. The number of carbonyl (C=O) groups is 3. The summed E-state index contributed by atoms with van der Waals surface area (Å²) < 4.78 is 99.4. The van der Waals surface area contributed by atoms with E-state index in [-0.39, 0.29) is 24.2 Å². The van der Waals surface area contributed by atoms with Gasteiger partial charge in [0.25, 0.3) is 0 Å². The highest BCUT2D eigenvalue weighted by Crippen LogP contribution is 2.59. The van der Waals surface area contributed by atoms with Gasteiger partial charge in [0.05, 0.1) is 24.4 Å². The molecule has 6 unspecified atom stereocenters. The van der Waals surface area contributed by atoms with Crippen LogP contribution in [-0.2, 0) is 38.7 Å². The van der Waals surface area contributed by atoms with Crippen LogP contribution < -0.4 is 0 Å². The van der Waals surface area contributed by atoms with Gasteiger partial charge in [0.1, 0.15) is 12.2 Å². The van der Waals surface area contributed by atoms with Crippen LogP contribution in [0.4, 0.5) is 17.6 Å². The van der Waals surface area contributed by atoms with Crippen molar-refractivity contribution in [2.45, 2.75) is 81.2 Å². The van der Waals surface area contributed by atoms with E-state index in [1.807, 2.05) is 0 Å². The van der Waals surface area contributed by atoms with Crippen LogP contribution in [0.15, 0.2) is 0 Å². The lowest BCUT2D eigenvalue weighted by molar-refractivity contribution is -0.170. The lowest BCUT2D eigenvalue weighted by atomic mass is 9.78. The van der Waals surface area contributed by atoms with Gasteiger partial charge in [-0.1, -0.05) is 19.3 Å². The van der Waals surface area contributed by atoms with Gasteiger partial charge in [0.15, 0.2) is 0 Å². The summed E-state index contributed by atoms with van der Waals surface area (Å²) in [5.74, 6) is -9.49. The van der Waals surface area contributed by atoms with Crippen LogP contribution >= 0.6 is 0 Å². The van der Waals surface area contributed by atoms with Gasteiger partial charge >= 0.3 is 39.2 Å². The molecule has 1 saturated heterocycles. The maximum atomic E-state index is 13.6. The predicted molar refractivity (Wildman–Crippen MR) is 111 cm³/mol. The minimum absolute atomic E-state index is 0.234. The number of alkyl halides is 4. The van der Waals surface area contributed by atoms with Crippen LogP contribution in [0, 0.1) is 29.6 Å². The zero-order valence-electron chi connectivity index (χ0n) is 19.2. The molecule has 36 heavy (non-hydrogen) atoms. The van der Waals surface area contributed by atoms with Crippen LogP contribution in [0.25, 0.3) is 0 Å². The zero-order valence-corrected chi connectivity index (χ0v) is 20.1. The Morgan fingerprint density at radius 3 is 2.33 bits per heavy atom. The van der Waals surface area contributed by atoms with Crippen LogP contribution in [0.3, 0.4) is 0 Å². The van der Waals surface area contributed by atoms with Crippen molar-refractivity contribution in [2.75, 3.05) is 6.61 Å². The number of rotatable bonds is 10. The van der Waals surface area contributed by atoms with E-state index in [1.54, 1.807) is 0 Å². The number of unbranched alkanes of at least 4 members (excludes halogenated alkanes) is 1. The molecular weight excluding hydrogens is 516 g/mol. The summed E-state index contributed by atoms with van der Waals surface area (Å²) in [6.07, 6.45) is 0.883. The lowest BCUT2D eigenvalue weighted by Gasteiger charge is -2.31. The van der Waals surface area contributed by atoms with E-state index in [0.717, 1.165) is 19.3 Å². The fraction of sp³-hybridized carbons (Fsp3) is 0.864. The third-order valence-electron chi connectivity index (χ3n) is 7.89. The topological polar surface area (TPSA) is 133 Å². The SMILES string of the molecule is O=C(OC1C2CC3C1OC(=O)C3C2C(=O)OCCCCC(F)(F)C(F)(F)S(=O)(=O)O)C1CCCCC1. The first-order valence-corrected chi connectivity index (χ1v) is 13.5. The van der Waals surface area contributed by atoms with Crippen LogP contribution in [0.5, 0.6) is 0 Å². The standard InChI is InChI=1S/C22H28F4O9S/c23-21(24,22(25,26)36(30,31)32)8-4-5-9-33-19(28)14-12-10-13-15(14)20(29)35-17(13)16(12)34-18(27)11-6-2-1-3-7-11/h11-17H,1-10H2,(H,30,31,32). The maximum absolute atomic E-state index is 13.6. The fourth-order valence-corrected chi connectivity index (χ4v) is 6.57. The molecule has 4 aliphatic rings. The molecule has 204 valence electrons. The van der Waals surface area contributed by atoms with Crippen molar-refractivity contribution in [1.82, 2.24) is 0 Å². The van der Waals surface area contributed by atoms with Crippen molar-refractivity contribution < 1.29 is 59.1 Å². The van der Waals surface area contributed by atoms with Crippen LogP contribution in [0.2, 0.25) is 0 Å². The molecular formula is C22H28F4O9S. The van der Waals surface area contributed by atoms with E-state index in [2.05, 4.69) is 0 Å². The van der Waals surface area contributed by atoms with Crippen molar-refractivity contribution in [3.05, 3.63) is 0 Å². The van der Waals surface area contributed by atoms with Gasteiger partial charge < -0.3 is 14.2 Å². The molecule has 0 radical (unpaired) electrons. The number of carbonyl (C=O) groups excluding carboxylic acids is 3. The normalized spacial score (nSPS) is 32.4. The number of ether oxygens (including phenoxy) is 3. The van der Waals surface area contributed by atoms with Crippen molar-refractivity contribution in [1.29, 1.82) is 0 Å². The molecule has 3 saturated carbocycles. The molecule has 0 aromatic heterocycles. The van der Waals surface area contributed by atoms with Gasteiger partial charge in [0.2, 0.25) is 0 Å². The van der Waals surface area contributed by atoms with Gasteiger partial charge in [-0.15, -0.1) is 0 Å². The smallest absolute Gasteiger partial charge is 0.431 e. The average molecular weight is 545 g/mol. The molecule has 0 aromatic carbocycles. The van der Waals surface area contributed by atoms with E-state index in [1.165, 1.54) is 0 Å². The molecule has 4 rings (SSSR count). The van der Waals surface area contributed by atoms with E-state index >= 15 is 0 Å². The summed E-state index contributed by atoms with van der Waals surface area (Å²) in [5, 5.41) is -5.65. The summed E-state index contributed by atoms with van der Waals surface area (Å²) in [6.45, 7) is -0.433. The number of fused-ring (bicyclic) bond motifs is 1. The molecule has 0 spiro atoms. The Kier molecular flexibility index (Phi) is 7.32. The third kappa shape index (κ3) is 4.70. The Morgan fingerprint density at radius 2 is 1.69 bits per heavy atom. The number of esters is 3. The van der Waals surface area contributed by atoms with Gasteiger partial charge in [-0.2, -0.15) is 26.0 Å². The maximum Gasteiger partial charge on any atom is 0.431 e. The Bertz CT molecular complexity index is 995. The van der Waals surface area contributed by atoms with E-state index in [0.29, 0.717) is 19.3 Å². The first kappa shape index (κ1) is 27.1. The van der Waals surface area contributed by atoms with Crippen molar-refractivity contribution >= 4 is 28.0 Å². The van der Waals surface area contributed by atoms with E-state index in [4.69, 9.17) is 18.8 Å². The molecule has 0 amide bonds. The van der Waals surface area contributed by atoms with Gasteiger partial charge in [0, 0.05) is 18.3 Å². The highest BCUT2D eigenvalue weighted by Gasteiger charge is 2.70. The lowest BCUT2D eigenvalue weighted by Crippen LogP contribution is -2.46. The highest BCUT2D eigenvalue weighted by molar-refractivity contribution is 7.87. The van der Waals surface area contributed by atoms with E-state index < -0.39 is 82.6 Å². The minimum atomic E-state index is -6.31. The monoisotopic (exact) mass is 544 g/mol. The summed E-state index contributed by atoms with van der Waals surface area (Å²) in [7, 11) is -6.31. The van der Waals surface area contributed by atoms with Crippen molar-refractivity contribution in [2.24, 2.45) is 29.6 Å². The zero-order chi connectivity index (χ0) is 26.5. The van der Waals surface area contributed by atoms with Crippen molar-refractivity contribution in [3.8, 4) is 0 Å². The Labute approximate surface area is 204 Å². The molecule has 4 fully saturated rings. The Morgan fingerprint density at radius 1 is 1.03 bits per heavy atom. The minimum Gasteiger partial charge on any atom is -0.465 e.